The van der Waals surface area contributed by atoms with Crippen LogP contribution in [-0.2, 0) is 14.4 Å². The van der Waals surface area contributed by atoms with Crippen molar-refractivity contribution in [1.29, 1.82) is 0 Å². The number of allylic oxidation sites excluding steroid dienone is 3. The van der Waals surface area contributed by atoms with Gasteiger partial charge in [0.05, 0.1) is 12.2 Å². The minimum atomic E-state index is -1.36. The molecule has 6 fully saturated rings. The van der Waals surface area contributed by atoms with Crippen LogP contribution in [-0.4, -0.2) is 81.4 Å². The summed E-state index contributed by atoms with van der Waals surface area (Å²) in [5, 5.41) is 21.1. The number of nitrogens with zero attached hydrogens (tertiary/aromatic N) is 2. The molecule has 8 atom stereocenters. The van der Waals surface area contributed by atoms with Crippen LogP contribution in [0.2, 0.25) is 0 Å². The first-order valence-electron chi connectivity index (χ1n) is 20.7. The summed E-state index contributed by atoms with van der Waals surface area (Å²) in [6.45, 7) is 0.257. The number of rotatable bonds is 7. The van der Waals surface area contributed by atoms with Crippen LogP contribution >= 0.6 is 0 Å². The lowest BCUT2D eigenvalue weighted by atomic mass is 9.76. The number of fused-ring (bicyclic) bond motifs is 2. The number of hydrazine groups is 3. The van der Waals surface area contributed by atoms with Crippen LogP contribution in [0, 0.1) is 23.7 Å². The first-order valence-corrected chi connectivity index (χ1v) is 20.7. The summed E-state index contributed by atoms with van der Waals surface area (Å²) in [4.78, 5) is 55.9. The second kappa shape index (κ2) is 17.0. The molecule has 7 aliphatic rings. The van der Waals surface area contributed by atoms with E-state index < -0.39 is 29.5 Å². The summed E-state index contributed by atoms with van der Waals surface area (Å²) in [6, 6.07) is -2.17. The molecule has 0 spiro atoms. The molecule has 0 aromatic carbocycles. The highest BCUT2D eigenvalue weighted by atomic mass is 16.4. The van der Waals surface area contributed by atoms with Crippen LogP contribution in [0.5, 0.6) is 0 Å². The zero-order chi connectivity index (χ0) is 36.1. The molecule has 3 aliphatic heterocycles. The number of carboxylic acids is 1. The third-order valence-electron chi connectivity index (χ3n) is 13.2. The van der Waals surface area contributed by atoms with Gasteiger partial charge in [-0.15, -0.1) is 0 Å². The zero-order valence-corrected chi connectivity index (χ0v) is 30.8. The highest BCUT2D eigenvalue weighted by molar-refractivity contribution is 5.96. The van der Waals surface area contributed by atoms with Crippen LogP contribution in [0.3, 0.4) is 0 Å². The molecule has 7 N–H and O–H groups in total. The van der Waals surface area contributed by atoms with E-state index in [0.29, 0.717) is 37.0 Å². The molecule has 4 amide bonds. The molecule has 0 aromatic rings. The van der Waals surface area contributed by atoms with Gasteiger partial charge in [0, 0.05) is 18.5 Å². The minimum absolute atomic E-state index is 0.00753. The van der Waals surface area contributed by atoms with Crippen LogP contribution in [0.4, 0.5) is 4.79 Å². The van der Waals surface area contributed by atoms with E-state index in [1.54, 1.807) is 4.90 Å². The van der Waals surface area contributed by atoms with E-state index in [1.807, 2.05) is 17.3 Å². The normalized spacial score (nSPS) is 37.8. The zero-order valence-electron chi connectivity index (χ0n) is 30.8. The number of aliphatic carboxylic acids is 1. The average molecular weight is 723 g/mol. The van der Waals surface area contributed by atoms with Crippen molar-refractivity contribution in [2.24, 2.45) is 23.7 Å². The van der Waals surface area contributed by atoms with Crippen LogP contribution < -0.4 is 32.3 Å². The molecule has 0 bridgehead atoms. The number of urea groups is 1. The molecule has 0 radical (unpaired) electrons. The standard InChI is InChI=1S/C39H62N8O5/c48-35-33-23-30(47-44-34(43-45-47)31-19-12-9-15-27(31)22-21-26-13-5-4-6-14-26)25-46(33)36(49)32(41-38(52)40-29-17-10-11-18-29)20-8-3-1-2-7-16-28-24-39(28,42-35)37(50)51/h7,16,21-22,26-34,43-45H,1-6,8-15,17-20,23-25H2,(H,42,48)(H,50,51)(H2,40,41,52)/b16-7-,22-21+/t27?,28-,30-,31?,32+,33+,34?,39-/m1/s1. The summed E-state index contributed by atoms with van der Waals surface area (Å²) in [6.07, 6.45) is 28.7. The molecule has 3 unspecified atom stereocenters. The van der Waals surface area contributed by atoms with Gasteiger partial charge >= 0.3 is 12.0 Å². The molecule has 13 heteroatoms. The van der Waals surface area contributed by atoms with E-state index in [1.165, 1.54) is 51.4 Å². The van der Waals surface area contributed by atoms with Crippen molar-refractivity contribution in [3.8, 4) is 0 Å². The van der Waals surface area contributed by atoms with E-state index >= 15 is 0 Å². The van der Waals surface area contributed by atoms with Gasteiger partial charge in [0.25, 0.3) is 0 Å². The van der Waals surface area contributed by atoms with Gasteiger partial charge in [-0.25, -0.2) is 20.4 Å². The molecule has 7 rings (SSSR count). The number of hydrogen-bond acceptors (Lipinski definition) is 8. The maximum absolute atomic E-state index is 14.5. The smallest absolute Gasteiger partial charge is 0.330 e. The lowest BCUT2D eigenvalue weighted by molar-refractivity contribution is -0.145. The summed E-state index contributed by atoms with van der Waals surface area (Å²) in [5.74, 6) is -0.520. The quantitative estimate of drug-likeness (QED) is 0.191. The molecule has 4 saturated carbocycles. The maximum atomic E-state index is 14.5. The van der Waals surface area contributed by atoms with E-state index in [0.717, 1.165) is 57.8 Å². The summed E-state index contributed by atoms with van der Waals surface area (Å²) < 4.78 is 0. The Kier molecular flexibility index (Phi) is 12.2. The largest absolute Gasteiger partial charge is 0.479 e. The highest BCUT2D eigenvalue weighted by Gasteiger charge is 2.61. The summed E-state index contributed by atoms with van der Waals surface area (Å²) in [7, 11) is 0. The van der Waals surface area contributed by atoms with Gasteiger partial charge in [-0.1, -0.05) is 82.1 Å². The fourth-order valence-corrected chi connectivity index (χ4v) is 9.94. The van der Waals surface area contributed by atoms with Crippen molar-refractivity contribution >= 4 is 23.8 Å². The maximum Gasteiger partial charge on any atom is 0.330 e. The third-order valence-corrected chi connectivity index (χ3v) is 13.2. The average Bonchev–Trinajstić information content (AvgIpc) is 3.62. The van der Waals surface area contributed by atoms with E-state index in [9.17, 15) is 24.3 Å². The second-order valence-corrected chi connectivity index (χ2v) is 16.8. The van der Waals surface area contributed by atoms with E-state index in [-0.39, 0.29) is 42.7 Å². The molecule has 4 aliphatic carbocycles. The topological polar surface area (TPSA) is 167 Å². The Labute approximate surface area is 308 Å². The fourth-order valence-electron chi connectivity index (χ4n) is 9.94. The highest BCUT2D eigenvalue weighted by Crippen LogP contribution is 2.45. The van der Waals surface area contributed by atoms with Gasteiger partial charge in [-0.3, -0.25) is 9.59 Å². The fraction of sp³-hybridized carbons (Fsp3) is 0.795. The van der Waals surface area contributed by atoms with Crippen molar-refractivity contribution in [1.82, 2.24) is 42.4 Å². The molecule has 2 saturated heterocycles. The Morgan fingerprint density at radius 2 is 1.60 bits per heavy atom. The van der Waals surface area contributed by atoms with Crippen LogP contribution in [0.25, 0.3) is 0 Å². The lowest BCUT2D eigenvalue weighted by Crippen LogP contribution is -2.57. The van der Waals surface area contributed by atoms with Crippen LogP contribution in [0.1, 0.15) is 128 Å². The van der Waals surface area contributed by atoms with E-state index in [2.05, 4.69) is 44.5 Å². The lowest BCUT2D eigenvalue weighted by Gasteiger charge is -2.34. The second-order valence-electron chi connectivity index (χ2n) is 16.8. The number of amides is 4. The molecule has 0 aromatic heterocycles. The Balaban J connectivity index is 1.07. The van der Waals surface area contributed by atoms with Crippen molar-refractivity contribution < 1.29 is 24.3 Å². The summed E-state index contributed by atoms with van der Waals surface area (Å²) >= 11 is 0. The first kappa shape index (κ1) is 37.3. The molecule has 52 heavy (non-hydrogen) atoms. The summed E-state index contributed by atoms with van der Waals surface area (Å²) in [5.41, 5.74) is 9.12. The number of carbonyl (C=O) groups is 4. The van der Waals surface area contributed by atoms with Crippen molar-refractivity contribution in [3.63, 3.8) is 0 Å². The SMILES string of the molecule is O=C(NC1CCCC1)N[C@H]1CCCCC/C=C\[C@@H]2C[C@@]2(C(=O)O)NC(=O)[C@@H]2C[C@@H](N3NNC(C4CCCCC4/C=C/C4CCCCC4)N3)CN2C1=O. The Hall–Kier alpha value is -3.00. The third kappa shape index (κ3) is 8.69. The molecule has 13 nitrogen and oxygen atoms in total. The predicted molar refractivity (Wildman–Crippen MR) is 197 cm³/mol. The van der Waals surface area contributed by atoms with Crippen LogP contribution in [0.15, 0.2) is 24.3 Å². The van der Waals surface area contributed by atoms with Gasteiger partial charge in [0.1, 0.15) is 17.6 Å². The van der Waals surface area contributed by atoms with Crippen molar-refractivity contribution in [2.75, 3.05) is 6.54 Å². The molecular weight excluding hydrogens is 660 g/mol. The molecular formula is C39H62N8O5. The van der Waals surface area contributed by atoms with E-state index in [4.69, 9.17) is 0 Å². The van der Waals surface area contributed by atoms with Crippen molar-refractivity contribution in [3.05, 3.63) is 24.3 Å². The first-order chi connectivity index (χ1) is 25.3. The Morgan fingerprint density at radius 3 is 2.40 bits per heavy atom. The Morgan fingerprint density at radius 1 is 0.865 bits per heavy atom. The van der Waals surface area contributed by atoms with Gasteiger partial charge < -0.3 is 26.0 Å². The molecule has 288 valence electrons. The number of nitrogens with one attached hydrogen (secondary N) is 6. The van der Waals surface area contributed by atoms with Gasteiger partial charge in [0.15, 0.2) is 0 Å². The van der Waals surface area contributed by atoms with Crippen molar-refractivity contribution in [2.45, 2.75) is 164 Å². The molecule has 3 heterocycles. The van der Waals surface area contributed by atoms with Gasteiger partial charge in [-0.05, 0) is 88.4 Å². The van der Waals surface area contributed by atoms with Gasteiger partial charge in [-0.2, -0.15) is 10.7 Å². The Bertz CT molecular complexity index is 1350. The predicted octanol–water partition coefficient (Wildman–Crippen LogP) is 4.14. The monoisotopic (exact) mass is 722 g/mol. The van der Waals surface area contributed by atoms with Gasteiger partial charge in [0.2, 0.25) is 11.8 Å². The number of hydrogen-bond donors (Lipinski definition) is 7. The number of carboxylic acid groups (broad SMARTS) is 1. The minimum Gasteiger partial charge on any atom is -0.479 e. The number of carbonyl (C=O) groups excluding carboxylic acids is 3.